The first-order valence-corrected chi connectivity index (χ1v) is 13.5. The maximum Gasteiger partial charge on any atom is 0.264 e. The van der Waals surface area contributed by atoms with Crippen LogP contribution < -0.4 is 15.5 Å². The van der Waals surface area contributed by atoms with Crippen LogP contribution in [0, 0.1) is 0 Å². The van der Waals surface area contributed by atoms with Gasteiger partial charge in [-0.2, -0.15) is 5.10 Å². The van der Waals surface area contributed by atoms with Crippen molar-refractivity contribution in [1.29, 1.82) is 0 Å². The van der Waals surface area contributed by atoms with E-state index in [9.17, 15) is 4.79 Å². The van der Waals surface area contributed by atoms with Crippen molar-refractivity contribution < 1.29 is 9.53 Å². The number of hydrazone groups is 1. The van der Waals surface area contributed by atoms with Crippen molar-refractivity contribution in [3.05, 3.63) is 100 Å². The fourth-order valence-corrected chi connectivity index (χ4v) is 5.86. The lowest BCUT2D eigenvalue weighted by Crippen LogP contribution is -2.65. The number of hydrogen-bond acceptors (Lipinski definition) is 4. The molecule has 0 radical (unpaired) electrons. The summed E-state index contributed by atoms with van der Waals surface area (Å²) in [6.45, 7) is 2.22. The lowest BCUT2D eigenvalue weighted by Gasteiger charge is -2.49. The third kappa shape index (κ3) is 5.25. The molecule has 1 fully saturated rings. The van der Waals surface area contributed by atoms with Crippen molar-refractivity contribution in [3.63, 3.8) is 0 Å². The molecule has 3 aromatic carbocycles. The highest BCUT2D eigenvalue weighted by Crippen LogP contribution is 2.41. The van der Waals surface area contributed by atoms with Gasteiger partial charge in [0.1, 0.15) is 23.6 Å². The molecule has 1 heterocycles. The summed E-state index contributed by atoms with van der Waals surface area (Å²) >= 11 is 3.49. The van der Waals surface area contributed by atoms with E-state index in [0.717, 1.165) is 40.6 Å². The monoisotopic (exact) mass is 545 g/mol. The lowest BCUT2D eigenvalue weighted by atomic mass is 9.69. The van der Waals surface area contributed by atoms with Crippen LogP contribution in [0.3, 0.4) is 0 Å². The summed E-state index contributed by atoms with van der Waals surface area (Å²) < 4.78 is 6.97. The molecule has 1 saturated carbocycles. The highest BCUT2D eigenvalue weighted by atomic mass is 79.9. The molecule has 1 atom stereocenters. The third-order valence-electron chi connectivity index (χ3n) is 7.45. The quantitative estimate of drug-likeness (QED) is 0.290. The van der Waals surface area contributed by atoms with Crippen molar-refractivity contribution >= 4 is 27.5 Å². The molecule has 1 aliphatic carbocycles. The molecule has 186 valence electrons. The van der Waals surface area contributed by atoms with Crippen LogP contribution >= 0.6 is 15.9 Å². The lowest BCUT2D eigenvalue weighted by molar-refractivity contribution is -0.129. The van der Waals surface area contributed by atoms with Crippen molar-refractivity contribution in [1.82, 2.24) is 10.7 Å². The summed E-state index contributed by atoms with van der Waals surface area (Å²) in [5.41, 5.74) is 5.80. The molecule has 3 aromatic rings. The minimum Gasteiger partial charge on any atom is -0.487 e. The summed E-state index contributed by atoms with van der Waals surface area (Å²) in [6, 6.07) is 25.8. The van der Waals surface area contributed by atoms with Gasteiger partial charge in [-0.15, -0.1) is 0 Å². The Bertz CT molecular complexity index is 1240. The Labute approximate surface area is 221 Å². The van der Waals surface area contributed by atoms with E-state index < -0.39 is 5.54 Å². The highest BCUT2D eigenvalue weighted by molar-refractivity contribution is 9.10. The molecule has 0 unspecified atom stereocenters. The van der Waals surface area contributed by atoms with Gasteiger partial charge in [-0.25, -0.2) is 5.43 Å². The molecule has 1 amide bonds. The van der Waals surface area contributed by atoms with Crippen molar-refractivity contribution in [2.75, 3.05) is 6.61 Å². The average Bonchev–Trinajstić information content (AvgIpc) is 2.90. The van der Waals surface area contributed by atoms with Gasteiger partial charge in [-0.3, -0.25) is 10.1 Å². The molecular formula is C30H32BrN3O2. The fourth-order valence-electron chi connectivity index (χ4n) is 5.60. The molecule has 0 bridgehead atoms. The van der Waals surface area contributed by atoms with Gasteiger partial charge in [0.05, 0.1) is 0 Å². The number of nitrogens with zero attached hydrogens (tertiary/aromatic N) is 1. The molecule has 5 nitrogen and oxygen atoms in total. The second kappa shape index (κ2) is 10.6. The average molecular weight is 547 g/mol. The summed E-state index contributed by atoms with van der Waals surface area (Å²) in [7, 11) is 0. The van der Waals surface area contributed by atoms with E-state index in [2.05, 4.69) is 50.0 Å². The molecule has 6 heteroatoms. The molecular weight excluding hydrogens is 514 g/mol. The second-order valence-electron chi connectivity index (χ2n) is 10.0. The fraction of sp³-hybridized carbons (Fsp3) is 0.333. The van der Waals surface area contributed by atoms with Crippen LogP contribution in [-0.2, 0) is 16.8 Å². The molecule has 0 aromatic heterocycles. The topological polar surface area (TPSA) is 62.7 Å². The van der Waals surface area contributed by atoms with E-state index in [1.807, 2.05) is 67.6 Å². The van der Waals surface area contributed by atoms with E-state index in [4.69, 9.17) is 4.74 Å². The molecule has 2 N–H and O–H groups in total. The van der Waals surface area contributed by atoms with E-state index in [0.29, 0.717) is 5.71 Å². The number of hydrogen-bond donors (Lipinski definition) is 2. The molecule has 36 heavy (non-hydrogen) atoms. The number of amides is 1. The molecule has 1 aliphatic heterocycles. The number of para-hydroxylation sites is 1. The largest absolute Gasteiger partial charge is 0.487 e. The van der Waals surface area contributed by atoms with Gasteiger partial charge < -0.3 is 4.74 Å². The summed E-state index contributed by atoms with van der Waals surface area (Å²) in [4.78, 5) is 13.8. The zero-order chi connectivity index (χ0) is 25.0. The summed E-state index contributed by atoms with van der Waals surface area (Å²) in [5.74, 6) is 0.594. The van der Waals surface area contributed by atoms with E-state index in [1.165, 1.54) is 24.8 Å². The van der Waals surface area contributed by atoms with Crippen molar-refractivity contribution in [2.45, 2.75) is 56.5 Å². The Morgan fingerprint density at radius 2 is 1.67 bits per heavy atom. The number of nitrogens with one attached hydrogen (secondary N) is 2. The Hall–Kier alpha value is -2.96. The van der Waals surface area contributed by atoms with Crippen LogP contribution in [-0.4, -0.2) is 23.8 Å². The van der Waals surface area contributed by atoms with Crippen LogP contribution in [0.25, 0.3) is 0 Å². The number of halogens is 1. The first-order chi connectivity index (χ1) is 17.5. The van der Waals surface area contributed by atoms with Gasteiger partial charge in [0, 0.05) is 15.6 Å². The van der Waals surface area contributed by atoms with Gasteiger partial charge in [0.25, 0.3) is 5.91 Å². The number of carbonyl (C=O) groups excluding carboxylic acids is 1. The minimum absolute atomic E-state index is 0.0482. The van der Waals surface area contributed by atoms with Gasteiger partial charge in [-0.05, 0) is 61.6 Å². The van der Waals surface area contributed by atoms with Crippen LogP contribution in [0.15, 0.2) is 88.4 Å². The van der Waals surface area contributed by atoms with E-state index in [-0.39, 0.29) is 18.1 Å². The smallest absolute Gasteiger partial charge is 0.264 e. The molecule has 1 spiro atoms. The minimum atomic E-state index is -0.874. The number of ether oxygens (including phenoxy) is 1. The van der Waals surface area contributed by atoms with E-state index in [1.54, 1.807) is 0 Å². The van der Waals surface area contributed by atoms with Crippen LogP contribution in [0.1, 0.15) is 55.7 Å². The molecule has 0 saturated heterocycles. The zero-order valence-corrected chi connectivity index (χ0v) is 22.2. The van der Waals surface area contributed by atoms with Crippen LogP contribution in [0.5, 0.6) is 5.75 Å². The maximum atomic E-state index is 13.8. The highest BCUT2D eigenvalue weighted by Gasteiger charge is 2.48. The standard InChI is InChI=1S/C30H32BrN3O2/c1-29(26-13-7-6-10-23(26)20-30(34-29)18-8-3-9-19-30)28(35)33-32-27(22-14-16-24(31)17-15-22)21-36-25-11-4-2-5-12-25/h2,4-7,10-17,34H,3,8-9,18-21H2,1H3,(H,33,35)/b32-27-/t29-/m1/s1. The Morgan fingerprint density at radius 1 is 0.972 bits per heavy atom. The Morgan fingerprint density at radius 3 is 2.42 bits per heavy atom. The predicted octanol–water partition coefficient (Wildman–Crippen LogP) is 6.11. The second-order valence-corrected chi connectivity index (χ2v) is 10.9. The predicted molar refractivity (Wildman–Crippen MR) is 147 cm³/mol. The maximum absolute atomic E-state index is 13.8. The van der Waals surface area contributed by atoms with E-state index >= 15 is 0 Å². The third-order valence-corrected chi connectivity index (χ3v) is 7.98. The molecule has 5 rings (SSSR count). The Balaban J connectivity index is 1.43. The SMILES string of the molecule is C[C@@]1(C(=O)N/N=C(/COc2ccccc2)c2ccc(Br)cc2)NC2(CCCCC2)Cc2ccccc21. The number of benzene rings is 3. The van der Waals surface area contributed by atoms with Crippen LogP contribution in [0.2, 0.25) is 0 Å². The summed E-state index contributed by atoms with van der Waals surface area (Å²) in [6.07, 6.45) is 6.77. The number of carbonyl (C=O) groups is 1. The Kier molecular flexibility index (Phi) is 7.26. The molecule has 2 aliphatic rings. The zero-order valence-electron chi connectivity index (χ0n) is 20.6. The number of fused-ring (bicyclic) bond motifs is 1. The van der Waals surface area contributed by atoms with Crippen molar-refractivity contribution in [2.24, 2.45) is 5.10 Å². The van der Waals surface area contributed by atoms with Crippen LogP contribution in [0.4, 0.5) is 0 Å². The van der Waals surface area contributed by atoms with Gasteiger partial charge in [0.2, 0.25) is 0 Å². The first kappa shape index (κ1) is 24.7. The van der Waals surface area contributed by atoms with Crippen molar-refractivity contribution in [3.8, 4) is 5.75 Å². The van der Waals surface area contributed by atoms with Gasteiger partial charge in [-0.1, -0.05) is 89.8 Å². The number of rotatable bonds is 6. The van der Waals surface area contributed by atoms with Gasteiger partial charge >= 0.3 is 0 Å². The summed E-state index contributed by atoms with van der Waals surface area (Å²) in [5, 5.41) is 8.41. The normalized spacial score (nSPS) is 21.0. The van der Waals surface area contributed by atoms with Gasteiger partial charge in [0.15, 0.2) is 0 Å². The first-order valence-electron chi connectivity index (χ1n) is 12.7.